The van der Waals surface area contributed by atoms with Crippen molar-refractivity contribution in [3.63, 3.8) is 0 Å². The molecule has 0 aliphatic heterocycles. The fourth-order valence-electron chi connectivity index (χ4n) is 2.24. The van der Waals surface area contributed by atoms with Gasteiger partial charge in [-0.05, 0) is 48.0 Å². The standard InChI is InChI=1S/C21H14ClNO3/c22-17-10-7-15(8-11-17)9-12-19(24)18-5-1-2-6-20(18)26-21(25)16-4-3-13-23-14-16/h1-14H/b12-9+. The smallest absolute Gasteiger partial charge is 0.345 e. The van der Waals surface area contributed by atoms with Crippen LogP contribution in [0.5, 0.6) is 5.75 Å². The number of hydrogen-bond donors (Lipinski definition) is 0. The van der Waals surface area contributed by atoms with E-state index in [4.69, 9.17) is 16.3 Å². The number of esters is 1. The minimum atomic E-state index is -0.569. The van der Waals surface area contributed by atoms with Crippen LogP contribution in [0.2, 0.25) is 5.02 Å². The quantitative estimate of drug-likeness (QED) is 0.281. The Bertz CT molecular complexity index is 951. The van der Waals surface area contributed by atoms with Gasteiger partial charge in [-0.3, -0.25) is 9.78 Å². The molecule has 0 atom stereocenters. The van der Waals surface area contributed by atoms with Crippen molar-refractivity contribution >= 4 is 29.4 Å². The number of halogens is 1. The number of allylic oxidation sites excluding steroid dienone is 1. The van der Waals surface area contributed by atoms with E-state index >= 15 is 0 Å². The summed E-state index contributed by atoms with van der Waals surface area (Å²) in [5.41, 5.74) is 1.45. The van der Waals surface area contributed by atoms with Crippen LogP contribution in [0.25, 0.3) is 6.08 Å². The Hall–Kier alpha value is -3.24. The van der Waals surface area contributed by atoms with Crippen LogP contribution in [-0.4, -0.2) is 16.7 Å². The molecule has 0 fully saturated rings. The number of pyridine rings is 1. The van der Waals surface area contributed by atoms with Crippen molar-refractivity contribution in [1.29, 1.82) is 0 Å². The van der Waals surface area contributed by atoms with Crippen LogP contribution in [0, 0.1) is 0 Å². The van der Waals surface area contributed by atoms with Crippen molar-refractivity contribution in [2.45, 2.75) is 0 Å². The molecule has 2 aromatic carbocycles. The van der Waals surface area contributed by atoms with Gasteiger partial charge >= 0.3 is 5.97 Å². The summed E-state index contributed by atoms with van der Waals surface area (Å²) < 4.78 is 5.37. The molecule has 0 bridgehead atoms. The minimum absolute atomic E-state index is 0.201. The maximum Gasteiger partial charge on any atom is 0.345 e. The highest BCUT2D eigenvalue weighted by molar-refractivity contribution is 6.30. The van der Waals surface area contributed by atoms with Crippen molar-refractivity contribution < 1.29 is 14.3 Å². The molecule has 3 rings (SSSR count). The Kier molecular flexibility index (Phi) is 5.56. The second-order valence-corrected chi connectivity index (χ2v) is 5.81. The van der Waals surface area contributed by atoms with Crippen LogP contribution < -0.4 is 4.74 Å². The van der Waals surface area contributed by atoms with E-state index < -0.39 is 5.97 Å². The third-order valence-corrected chi connectivity index (χ3v) is 3.80. The maximum absolute atomic E-state index is 12.5. The molecule has 0 aliphatic rings. The van der Waals surface area contributed by atoms with Gasteiger partial charge in [0.25, 0.3) is 0 Å². The maximum atomic E-state index is 12.5. The normalized spacial score (nSPS) is 10.7. The van der Waals surface area contributed by atoms with Crippen LogP contribution in [0.1, 0.15) is 26.3 Å². The molecule has 0 amide bonds. The molecule has 0 spiro atoms. The topological polar surface area (TPSA) is 56.3 Å². The Morgan fingerprint density at radius 2 is 1.73 bits per heavy atom. The zero-order valence-electron chi connectivity index (χ0n) is 13.6. The second-order valence-electron chi connectivity index (χ2n) is 5.38. The van der Waals surface area contributed by atoms with Crippen LogP contribution in [0.3, 0.4) is 0 Å². The molecule has 5 heteroatoms. The molecule has 3 aromatic rings. The molecular formula is C21H14ClNO3. The SMILES string of the molecule is O=C(Oc1ccccc1C(=O)/C=C/c1ccc(Cl)cc1)c1cccnc1. The Morgan fingerprint density at radius 3 is 2.46 bits per heavy atom. The third-order valence-electron chi connectivity index (χ3n) is 3.55. The van der Waals surface area contributed by atoms with Gasteiger partial charge in [-0.15, -0.1) is 0 Å². The predicted molar refractivity (Wildman–Crippen MR) is 100 cm³/mol. The largest absolute Gasteiger partial charge is 0.422 e. The lowest BCUT2D eigenvalue weighted by Crippen LogP contribution is -2.11. The van der Waals surface area contributed by atoms with Crippen molar-refractivity contribution in [3.8, 4) is 5.75 Å². The summed E-state index contributed by atoms with van der Waals surface area (Å²) in [5, 5.41) is 0.626. The van der Waals surface area contributed by atoms with E-state index in [-0.39, 0.29) is 11.5 Å². The highest BCUT2D eigenvalue weighted by Crippen LogP contribution is 2.21. The second kappa shape index (κ2) is 8.23. The molecular weight excluding hydrogens is 350 g/mol. The van der Waals surface area contributed by atoms with Crippen molar-refractivity contribution in [2.24, 2.45) is 0 Å². The third kappa shape index (κ3) is 4.43. The number of aromatic nitrogens is 1. The Labute approximate surface area is 155 Å². The lowest BCUT2D eigenvalue weighted by Gasteiger charge is -2.07. The number of para-hydroxylation sites is 1. The zero-order valence-corrected chi connectivity index (χ0v) is 14.4. The van der Waals surface area contributed by atoms with Crippen LogP contribution >= 0.6 is 11.6 Å². The van der Waals surface area contributed by atoms with Crippen molar-refractivity contribution in [1.82, 2.24) is 4.98 Å². The molecule has 0 unspecified atom stereocenters. The Morgan fingerprint density at radius 1 is 0.962 bits per heavy atom. The average Bonchev–Trinajstić information content (AvgIpc) is 2.68. The fraction of sp³-hybridized carbons (Fsp3) is 0. The summed E-state index contributed by atoms with van der Waals surface area (Å²) in [6, 6.07) is 16.9. The van der Waals surface area contributed by atoms with E-state index in [2.05, 4.69) is 4.98 Å². The summed E-state index contributed by atoms with van der Waals surface area (Å²) in [6.45, 7) is 0. The summed E-state index contributed by atoms with van der Waals surface area (Å²) in [6.07, 6.45) is 6.08. The monoisotopic (exact) mass is 363 g/mol. The van der Waals surface area contributed by atoms with E-state index in [1.807, 2.05) is 0 Å². The molecule has 26 heavy (non-hydrogen) atoms. The molecule has 0 saturated heterocycles. The van der Waals surface area contributed by atoms with Gasteiger partial charge in [-0.1, -0.05) is 41.9 Å². The van der Waals surface area contributed by atoms with Gasteiger partial charge in [-0.25, -0.2) is 4.79 Å². The van der Waals surface area contributed by atoms with E-state index in [0.29, 0.717) is 16.1 Å². The first-order chi connectivity index (χ1) is 12.6. The molecule has 0 aliphatic carbocycles. The van der Waals surface area contributed by atoms with E-state index in [1.54, 1.807) is 72.9 Å². The number of benzene rings is 2. The molecule has 1 heterocycles. The zero-order chi connectivity index (χ0) is 18.4. The highest BCUT2D eigenvalue weighted by Gasteiger charge is 2.14. The molecule has 4 nitrogen and oxygen atoms in total. The van der Waals surface area contributed by atoms with Gasteiger partial charge in [0, 0.05) is 17.4 Å². The van der Waals surface area contributed by atoms with Gasteiger partial charge in [0.15, 0.2) is 5.78 Å². The first-order valence-electron chi connectivity index (χ1n) is 7.83. The summed E-state index contributed by atoms with van der Waals surface area (Å²) in [7, 11) is 0. The van der Waals surface area contributed by atoms with Crippen molar-refractivity contribution in [3.05, 3.63) is 101 Å². The number of nitrogens with zero attached hydrogens (tertiary/aromatic N) is 1. The minimum Gasteiger partial charge on any atom is -0.422 e. The van der Waals surface area contributed by atoms with Crippen LogP contribution in [0.15, 0.2) is 79.1 Å². The Balaban J connectivity index is 1.79. The van der Waals surface area contributed by atoms with Crippen LogP contribution in [0.4, 0.5) is 0 Å². The number of ketones is 1. The molecule has 1 aromatic heterocycles. The molecule has 0 saturated carbocycles. The number of carbonyl (C=O) groups is 2. The van der Waals surface area contributed by atoms with Gasteiger partial charge in [0.2, 0.25) is 0 Å². The molecule has 0 N–H and O–H groups in total. The van der Waals surface area contributed by atoms with Gasteiger partial charge in [-0.2, -0.15) is 0 Å². The van der Waals surface area contributed by atoms with E-state index in [0.717, 1.165) is 5.56 Å². The van der Waals surface area contributed by atoms with Gasteiger partial charge in [0.1, 0.15) is 5.75 Å². The summed E-state index contributed by atoms with van der Waals surface area (Å²) in [5.74, 6) is -0.637. The van der Waals surface area contributed by atoms with E-state index in [9.17, 15) is 9.59 Å². The van der Waals surface area contributed by atoms with Crippen molar-refractivity contribution in [2.75, 3.05) is 0 Å². The first kappa shape index (κ1) is 17.6. The number of hydrogen-bond acceptors (Lipinski definition) is 4. The molecule has 0 radical (unpaired) electrons. The predicted octanol–water partition coefficient (Wildman–Crippen LogP) is 4.85. The molecule has 128 valence electrons. The number of rotatable bonds is 5. The highest BCUT2D eigenvalue weighted by atomic mass is 35.5. The first-order valence-corrected chi connectivity index (χ1v) is 8.20. The average molecular weight is 364 g/mol. The fourth-order valence-corrected chi connectivity index (χ4v) is 2.36. The summed E-state index contributed by atoms with van der Waals surface area (Å²) >= 11 is 5.85. The van der Waals surface area contributed by atoms with E-state index in [1.165, 1.54) is 12.3 Å². The number of carbonyl (C=O) groups excluding carboxylic acids is 2. The lowest BCUT2D eigenvalue weighted by molar-refractivity contribution is 0.0732. The van der Waals surface area contributed by atoms with Crippen LogP contribution in [-0.2, 0) is 0 Å². The van der Waals surface area contributed by atoms with Gasteiger partial charge in [0.05, 0.1) is 11.1 Å². The number of ether oxygens (including phenoxy) is 1. The summed E-state index contributed by atoms with van der Waals surface area (Å²) in [4.78, 5) is 28.6. The van der Waals surface area contributed by atoms with Gasteiger partial charge < -0.3 is 4.74 Å². The lowest BCUT2D eigenvalue weighted by atomic mass is 10.1.